The van der Waals surface area contributed by atoms with E-state index in [0.717, 1.165) is 13.1 Å². The van der Waals surface area contributed by atoms with E-state index in [2.05, 4.69) is 58.9 Å². The van der Waals surface area contributed by atoms with Gasteiger partial charge in [0.25, 0.3) is 5.69 Å². The number of hydrogen-bond acceptors (Lipinski definition) is 7. The summed E-state index contributed by atoms with van der Waals surface area (Å²) in [5.74, 6) is -3.65. The Morgan fingerprint density at radius 2 is 1.48 bits per heavy atom. The second-order valence-corrected chi connectivity index (χ2v) is 11.1. The Kier molecular flexibility index (Phi) is 8.47. The number of rotatable bonds is 6. The van der Waals surface area contributed by atoms with Crippen molar-refractivity contribution in [3.63, 3.8) is 0 Å². The fourth-order valence-corrected chi connectivity index (χ4v) is 6.24. The van der Waals surface area contributed by atoms with Crippen molar-refractivity contribution in [1.29, 1.82) is 0 Å². The van der Waals surface area contributed by atoms with Crippen LogP contribution in [-0.4, -0.2) is 75.4 Å². The number of carboxylic acids is 2. The van der Waals surface area contributed by atoms with Crippen LogP contribution < -0.4 is 0 Å². The molecular weight excluding hydrogens is 540 g/mol. The Bertz CT molecular complexity index is 1660. The van der Waals surface area contributed by atoms with Crippen LogP contribution >= 0.6 is 0 Å². The maximum Gasteiger partial charge on any atom is 0.414 e. The molecule has 0 amide bonds. The minimum absolute atomic E-state index is 0.0873. The van der Waals surface area contributed by atoms with Crippen molar-refractivity contribution in [2.24, 2.45) is 0 Å². The SMILES string of the molecule is CCn1c2ccccc2c2cc(CN3CCN(S(=O)(=O)c4ccc([N+](=O)[O-])cc4)CC3)ccc21.O=C(O)C(=O)O. The van der Waals surface area contributed by atoms with Gasteiger partial charge >= 0.3 is 11.9 Å². The van der Waals surface area contributed by atoms with E-state index < -0.39 is 26.9 Å². The molecule has 4 aromatic rings. The predicted octanol–water partition coefficient (Wildman–Crippen LogP) is 3.38. The van der Waals surface area contributed by atoms with Crippen LogP contribution in [0.15, 0.2) is 71.6 Å². The summed E-state index contributed by atoms with van der Waals surface area (Å²) in [5.41, 5.74) is 3.55. The lowest BCUT2D eigenvalue weighted by Crippen LogP contribution is -2.48. The fraction of sp³-hybridized carbons (Fsp3) is 0.259. The number of para-hydroxylation sites is 1. The minimum Gasteiger partial charge on any atom is -0.473 e. The van der Waals surface area contributed by atoms with Gasteiger partial charge in [0.1, 0.15) is 0 Å². The first kappa shape index (κ1) is 28.7. The maximum atomic E-state index is 13.0. The van der Waals surface area contributed by atoms with Crippen molar-refractivity contribution >= 4 is 49.5 Å². The van der Waals surface area contributed by atoms with E-state index in [1.807, 2.05) is 0 Å². The minimum atomic E-state index is -3.67. The summed E-state index contributed by atoms with van der Waals surface area (Å²) in [7, 11) is -3.67. The third kappa shape index (κ3) is 5.96. The predicted molar refractivity (Wildman–Crippen MR) is 148 cm³/mol. The molecular formula is C27H28N4O8S. The summed E-state index contributed by atoms with van der Waals surface area (Å²) in [6, 6.07) is 20.1. The number of nitro benzene ring substituents is 1. The first-order chi connectivity index (χ1) is 19.0. The number of piperazine rings is 1. The molecule has 13 heteroatoms. The lowest BCUT2D eigenvalue weighted by Gasteiger charge is -2.34. The van der Waals surface area contributed by atoms with Crippen LogP contribution in [0.25, 0.3) is 21.8 Å². The molecule has 40 heavy (non-hydrogen) atoms. The molecule has 2 heterocycles. The molecule has 2 N–H and O–H groups in total. The highest BCUT2D eigenvalue weighted by Crippen LogP contribution is 2.30. The number of aryl methyl sites for hydroxylation is 1. The van der Waals surface area contributed by atoms with E-state index in [-0.39, 0.29) is 10.6 Å². The molecule has 210 valence electrons. The number of non-ortho nitro benzene ring substituents is 1. The zero-order valence-electron chi connectivity index (χ0n) is 21.6. The molecule has 0 unspecified atom stereocenters. The van der Waals surface area contributed by atoms with Crippen molar-refractivity contribution in [2.75, 3.05) is 26.2 Å². The van der Waals surface area contributed by atoms with Gasteiger partial charge < -0.3 is 14.8 Å². The van der Waals surface area contributed by atoms with Gasteiger partial charge in [-0.05, 0) is 42.8 Å². The van der Waals surface area contributed by atoms with Gasteiger partial charge in [-0.25, -0.2) is 18.0 Å². The molecule has 0 bridgehead atoms. The molecule has 0 radical (unpaired) electrons. The molecule has 0 atom stereocenters. The number of nitro groups is 1. The number of benzene rings is 3. The summed E-state index contributed by atoms with van der Waals surface area (Å²) in [4.78, 5) is 30.9. The summed E-state index contributed by atoms with van der Waals surface area (Å²) >= 11 is 0. The van der Waals surface area contributed by atoms with Gasteiger partial charge in [0.15, 0.2) is 0 Å². The molecule has 0 spiro atoms. The summed E-state index contributed by atoms with van der Waals surface area (Å²) in [6.45, 7) is 5.85. The molecule has 5 rings (SSSR count). The zero-order valence-corrected chi connectivity index (χ0v) is 22.5. The first-order valence-electron chi connectivity index (χ1n) is 12.5. The number of hydrogen-bond donors (Lipinski definition) is 2. The number of carbonyl (C=O) groups is 2. The molecule has 1 aliphatic rings. The van der Waals surface area contributed by atoms with Crippen molar-refractivity contribution in [2.45, 2.75) is 24.9 Å². The van der Waals surface area contributed by atoms with Gasteiger partial charge in [-0.3, -0.25) is 15.0 Å². The number of fused-ring (bicyclic) bond motifs is 3. The second kappa shape index (κ2) is 11.8. The van der Waals surface area contributed by atoms with Crippen LogP contribution in [0.1, 0.15) is 12.5 Å². The third-order valence-electron chi connectivity index (χ3n) is 6.76. The highest BCUT2D eigenvalue weighted by molar-refractivity contribution is 7.89. The third-order valence-corrected chi connectivity index (χ3v) is 8.67. The number of aliphatic carboxylic acids is 2. The maximum absolute atomic E-state index is 13.0. The van der Waals surface area contributed by atoms with Crippen molar-refractivity contribution < 1.29 is 33.1 Å². The van der Waals surface area contributed by atoms with Crippen LogP contribution in [0.2, 0.25) is 0 Å². The van der Waals surface area contributed by atoms with Crippen molar-refractivity contribution in [3.05, 3.63) is 82.4 Å². The van der Waals surface area contributed by atoms with Crippen LogP contribution in [-0.2, 0) is 32.7 Å². The largest absolute Gasteiger partial charge is 0.473 e. The van der Waals surface area contributed by atoms with E-state index >= 15 is 0 Å². The monoisotopic (exact) mass is 568 g/mol. The number of sulfonamides is 1. The fourth-order valence-electron chi connectivity index (χ4n) is 4.81. The van der Waals surface area contributed by atoms with E-state index in [9.17, 15) is 18.5 Å². The van der Waals surface area contributed by atoms with Crippen molar-refractivity contribution in [3.8, 4) is 0 Å². The lowest BCUT2D eigenvalue weighted by atomic mass is 10.1. The summed E-state index contributed by atoms with van der Waals surface area (Å²) in [5, 5.41) is 28.1. The molecule has 0 aliphatic carbocycles. The van der Waals surface area contributed by atoms with E-state index in [1.165, 1.54) is 55.9 Å². The summed E-state index contributed by atoms with van der Waals surface area (Å²) < 4.78 is 29.7. The lowest BCUT2D eigenvalue weighted by molar-refractivity contribution is -0.384. The Morgan fingerprint density at radius 1 is 0.875 bits per heavy atom. The molecule has 1 fully saturated rings. The van der Waals surface area contributed by atoms with Crippen LogP contribution in [0.5, 0.6) is 0 Å². The zero-order chi connectivity index (χ0) is 29.0. The normalized spacial score (nSPS) is 14.5. The molecule has 1 saturated heterocycles. The highest BCUT2D eigenvalue weighted by Gasteiger charge is 2.29. The van der Waals surface area contributed by atoms with Gasteiger partial charge in [-0.1, -0.05) is 24.3 Å². The number of carboxylic acid groups (broad SMARTS) is 2. The Hall–Kier alpha value is -4.33. The molecule has 1 aromatic heterocycles. The van der Waals surface area contributed by atoms with E-state index in [1.54, 1.807) is 0 Å². The second-order valence-electron chi connectivity index (χ2n) is 9.15. The van der Waals surface area contributed by atoms with Gasteiger partial charge in [0.05, 0.1) is 9.82 Å². The van der Waals surface area contributed by atoms with E-state index in [0.29, 0.717) is 26.2 Å². The topological polar surface area (TPSA) is 163 Å². The van der Waals surface area contributed by atoms with E-state index in [4.69, 9.17) is 19.8 Å². The average Bonchev–Trinajstić information content (AvgIpc) is 3.26. The van der Waals surface area contributed by atoms with Crippen LogP contribution in [0.4, 0.5) is 5.69 Å². The van der Waals surface area contributed by atoms with Crippen LogP contribution in [0, 0.1) is 10.1 Å². The standard InChI is InChI=1S/C25H26N4O4S.C2H2O4/c1-2-28-24-6-4-3-5-22(24)23-17-19(7-12-25(23)28)18-26-13-15-27(16-14-26)34(32,33)21-10-8-20(9-11-21)29(30)31;3-1(4)2(5)6/h3-12,17H,2,13-16,18H2,1H3;(H,3,4)(H,5,6). The summed E-state index contributed by atoms with van der Waals surface area (Å²) in [6.07, 6.45) is 0. The average molecular weight is 569 g/mol. The Labute approximate surface area is 229 Å². The smallest absolute Gasteiger partial charge is 0.414 e. The Morgan fingerprint density at radius 3 is 2.05 bits per heavy atom. The number of aromatic nitrogens is 1. The molecule has 0 saturated carbocycles. The van der Waals surface area contributed by atoms with Gasteiger partial charge in [0, 0.05) is 73.2 Å². The molecule has 12 nitrogen and oxygen atoms in total. The first-order valence-corrected chi connectivity index (χ1v) is 13.9. The van der Waals surface area contributed by atoms with Gasteiger partial charge in [-0.15, -0.1) is 0 Å². The van der Waals surface area contributed by atoms with Crippen molar-refractivity contribution in [1.82, 2.24) is 13.8 Å². The highest BCUT2D eigenvalue weighted by atomic mass is 32.2. The van der Waals surface area contributed by atoms with Gasteiger partial charge in [-0.2, -0.15) is 4.31 Å². The molecule has 1 aliphatic heterocycles. The number of nitrogens with zero attached hydrogens (tertiary/aromatic N) is 4. The quantitative estimate of drug-likeness (QED) is 0.202. The van der Waals surface area contributed by atoms with Crippen LogP contribution in [0.3, 0.4) is 0 Å². The van der Waals surface area contributed by atoms with Gasteiger partial charge in [0.2, 0.25) is 10.0 Å². The molecule has 3 aromatic carbocycles. The Balaban J connectivity index is 0.000000557.